The van der Waals surface area contributed by atoms with Gasteiger partial charge in [0.25, 0.3) is 5.91 Å². The minimum Gasteiger partial charge on any atom is -0.463 e. The minimum atomic E-state index is -1.02. The standard InChI is InChI=1S/C30H21ClN4O5S/c1-2-23(28(36)35-30-34-22(16-41-30)17-7-10-19(31)11-8-17)40-29(37)18-9-12-20-21(15-18)33-27(25-6-4-14-39-25)26(32-20)24-5-3-13-38-24/h3-16,23H,2H2,1H3,(H,34,35,36). The summed E-state index contributed by atoms with van der Waals surface area (Å²) in [5, 5.41) is 5.60. The molecule has 0 saturated heterocycles. The maximum atomic E-state index is 13.1. The molecule has 0 spiro atoms. The predicted molar refractivity (Wildman–Crippen MR) is 156 cm³/mol. The van der Waals surface area contributed by atoms with Crippen LogP contribution in [0.5, 0.6) is 0 Å². The van der Waals surface area contributed by atoms with Crippen molar-refractivity contribution in [1.82, 2.24) is 15.0 Å². The molecule has 0 fully saturated rings. The molecule has 2 aromatic carbocycles. The van der Waals surface area contributed by atoms with Crippen LogP contribution in [0.2, 0.25) is 5.02 Å². The van der Waals surface area contributed by atoms with Crippen molar-refractivity contribution < 1.29 is 23.2 Å². The number of carbonyl (C=O) groups is 2. The third kappa shape index (κ3) is 5.60. The number of halogens is 1. The normalized spacial score (nSPS) is 11.9. The van der Waals surface area contributed by atoms with Crippen molar-refractivity contribution in [3.05, 3.63) is 95.2 Å². The molecule has 0 aliphatic heterocycles. The van der Waals surface area contributed by atoms with Gasteiger partial charge in [-0.1, -0.05) is 30.7 Å². The highest BCUT2D eigenvalue weighted by Crippen LogP contribution is 2.32. The number of aromatic nitrogens is 3. The molecule has 1 N–H and O–H groups in total. The van der Waals surface area contributed by atoms with Crippen LogP contribution in [0.4, 0.5) is 5.13 Å². The molecular weight excluding hydrogens is 564 g/mol. The first kappa shape index (κ1) is 26.4. The fourth-order valence-corrected chi connectivity index (χ4v) is 4.99. The van der Waals surface area contributed by atoms with Gasteiger partial charge in [0.05, 0.1) is 34.8 Å². The van der Waals surface area contributed by atoms with E-state index in [1.807, 2.05) is 17.5 Å². The van der Waals surface area contributed by atoms with E-state index in [4.69, 9.17) is 35.1 Å². The smallest absolute Gasteiger partial charge is 0.338 e. The van der Waals surface area contributed by atoms with Gasteiger partial charge < -0.3 is 13.6 Å². The quantitative estimate of drug-likeness (QED) is 0.183. The van der Waals surface area contributed by atoms with Crippen LogP contribution in [-0.4, -0.2) is 32.9 Å². The molecule has 1 unspecified atom stereocenters. The van der Waals surface area contributed by atoms with E-state index < -0.39 is 18.0 Å². The minimum absolute atomic E-state index is 0.230. The fourth-order valence-electron chi connectivity index (χ4n) is 4.14. The summed E-state index contributed by atoms with van der Waals surface area (Å²) in [7, 11) is 0. The molecule has 0 saturated carbocycles. The highest BCUT2D eigenvalue weighted by molar-refractivity contribution is 7.14. The van der Waals surface area contributed by atoms with Gasteiger partial charge in [0.1, 0.15) is 11.4 Å². The topological polar surface area (TPSA) is 120 Å². The van der Waals surface area contributed by atoms with Gasteiger partial charge in [-0.3, -0.25) is 10.1 Å². The number of ether oxygens (including phenoxy) is 1. The van der Waals surface area contributed by atoms with E-state index in [9.17, 15) is 9.59 Å². The average Bonchev–Trinajstić information content (AvgIpc) is 3.79. The number of nitrogens with one attached hydrogen (secondary N) is 1. The summed E-state index contributed by atoms with van der Waals surface area (Å²) >= 11 is 7.24. The number of thiazole rings is 1. The summed E-state index contributed by atoms with van der Waals surface area (Å²) in [4.78, 5) is 39.9. The highest BCUT2D eigenvalue weighted by atomic mass is 35.5. The number of carbonyl (C=O) groups excluding carboxylic acids is 2. The molecule has 0 bridgehead atoms. The first-order valence-electron chi connectivity index (χ1n) is 12.6. The lowest BCUT2D eigenvalue weighted by atomic mass is 10.1. The Bertz CT molecular complexity index is 1830. The first-order chi connectivity index (χ1) is 20.0. The average molecular weight is 585 g/mol. The van der Waals surface area contributed by atoms with Crippen molar-refractivity contribution in [2.45, 2.75) is 19.4 Å². The summed E-state index contributed by atoms with van der Waals surface area (Å²) in [6.07, 6.45) is 2.35. The number of amides is 1. The molecular formula is C30H21ClN4O5S. The molecule has 204 valence electrons. The van der Waals surface area contributed by atoms with Crippen LogP contribution in [0.25, 0.3) is 45.2 Å². The van der Waals surface area contributed by atoms with E-state index in [0.717, 1.165) is 5.56 Å². The van der Waals surface area contributed by atoms with E-state index >= 15 is 0 Å². The fraction of sp³-hybridized carbons (Fsp3) is 0.100. The molecule has 4 aromatic heterocycles. The largest absolute Gasteiger partial charge is 0.463 e. The lowest BCUT2D eigenvalue weighted by Gasteiger charge is -2.15. The zero-order valence-corrected chi connectivity index (χ0v) is 23.1. The molecule has 6 rings (SSSR count). The van der Waals surface area contributed by atoms with Crippen LogP contribution in [0.1, 0.15) is 23.7 Å². The number of rotatable bonds is 8. The summed E-state index contributed by atoms with van der Waals surface area (Å²) < 4.78 is 16.7. The number of esters is 1. The molecule has 0 aliphatic carbocycles. The Balaban J connectivity index is 1.20. The van der Waals surface area contributed by atoms with Crippen LogP contribution in [0.15, 0.2) is 93.5 Å². The van der Waals surface area contributed by atoms with E-state index in [1.54, 1.807) is 74.0 Å². The van der Waals surface area contributed by atoms with Crippen LogP contribution in [0, 0.1) is 0 Å². The maximum absolute atomic E-state index is 13.1. The van der Waals surface area contributed by atoms with E-state index in [0.29, 0.717) is 49.8 Å². The molecule has 1 atom stereocenters. The molecule has 6 aromatic rings. The summed E-state index contributed by atoms with van der Waals surface area (Å²) in [6.45, 7) is 1.76. The molecule has 9 nitrogen and oxygen atoms in total. The Morgan fingerprint density at radius 2 is 1.61 bits per heavy atom. The Morgan fingerprint density at radius 3 is 2.24 bits per heavy atom. The van der Waals surface area contributed by atoms with Crippen molar-refractivity contribution in [3.8, 4) is 34.2 Å². The van der Waals surface area contributed by atoms with Gasteiger partial charge in [-0.25, -0.2) is 19.7 Å². The zero-order chi connectivity index (χ0) is 28.3. The van der Waals surface area contributed by atoms with Crippen LogP contribution < -0.4 is 5.32 Å². The molecule has 11 heteroatoms. The predicted octanol–water partition coefficient (Wildman–Crippen LogP) is 7.50. The van der Waals surface area contributed by atoms with E-state index in [2.05, 4.69) is 10.3 Å². The Morgan fingerprint density at radius 1 is 0.927 bits per heavy atom. The van der Waals surface area contributed by atoms with Crippen molar-refractivity contribution in [3.63, 3.8) is 0 Å². The number of fused-ring (bicyclic) bond motifs is 1. The Hall–Kier alpha value is -4.80. The zero-order valence-electron chi connectivity index (χ0n) is 21.5. The second-order valence-electron chi connectivity index (χ2n) is 8.92. The molecule has 0 radical (unpaired) electrons. The highest BCUT2D eigenvalue weighted by Gasteiger charge is 2.24. The second kappa shape index (κ2) is 11.4. The number of nitrogens with zero attached hydrogens (tertiary/aromatic N) is 3. The van der Waals surface area contributed by atoms with Gasteiger partial charge in [0, 0.05) is 16.0 Å². The van der Waals surface area contributed by atoms with Crippen LogP contribution in [0.3, 0.4) is 0 Å². The second-order valence-corrected chi connectivity index (χ2v) is 10.2. The van der Waals surface area contributed by atoms with E-state index in [-0.39, 0.29) is 12.0 Å². The number of furan rings is 2. The molecule has 1 amide bonds. The third-order valence-corrected chi connectivity index (χ3v) is 7.21. The van der Waals surface area contributed by atoms with Gasteiger partial charge in [-0.05, 0) is 61.0 Å². The molecule has 0 aliphatic rings. The van der Waals surface area contributed by atoms with Gasteiger partial charge in [0.2, 0.25) is 0 Å². The maximum Gasteiger partial charge on any atom is 0.338 e. The van der Waals surface area contributed by atoms with Crippen LogP contribution >= 0.6 is 22.9 Å². The molecule has 4 heterocycles. The summed E-state index contributed by atoms with van der Waals surface area (Å²) in [5.41, 5.74) is 3.79. The Kier molecular flexibility index (Phi) is 7.32. The van der Waals surface area contributed by atoms with Crippen molar-refractivity contribution in [2.24, 2.45) is 0 Å². The van der Waals surface area contributed by atoms with Crippen LogP contribution in [-0.2, 0) is 9.53 Å². The lowest BCUT2D eigenvalue weighted by molar-refractivity contribution is -0.124. The van der Waals surface area contributed by atoms with Gasteiger partial charge >= 0.3 is 5.97 Å². The van der Waals surface area contributed by atoms with Crippen molar-refractivity contribution in [1.29, 1.82) is 0 Å². The lowest BCUT2D eigenvalue weighted by Crippen LogP contribution is -2.32. The first-order valence-corrected chi connectivity index (χ1v) is 13.9. The van der Waals surface area contributed by atoms with Gasteiger partial charge in [-0.15, -0.1) is 11.3 Å². The summed E-state index contributed by atoms with van der Waals surface area (Å²) in [6, 6.07) is 19.2. The number of hydrogen-bond donors (Lipinski definition) is 1. The number of hydrogen-bond acceptors (Lipinski definition) is 9. The number of benzene rings is 2. The monoisotopic (exact) mass is 584 g/mol. The SMILES string of the molecule is CCC(OC(=O)c1ccc2nc(-c3ccco3)c(-c3ccco3)nc2c1)C(=O)Nc1nc(-c2ccc(Cl)cc2)cs1. The number of anilines is 1. The third-order valence-electron chi connectivity index (χ3n) is 6.20. The van der Waals surface area contributed by atoms with Crippen molar-refractivity contribution >= 4 is 51.0 Å². The van der Waals surface area contributed by atoms with E-state index in [1.165, 1.54) is 11.3 Å². The molecule has 41 heavy (non-hydrogen) atoms. The van der Waals surface area contributed by atoms with Gasteiger partial charge in [-0.2, -0.15) is 0 Å². The van der Waals surface area contributed by atoms with Crippen molar-refractivity contribution in [2.75, 3.05) is 5.32 Å². The Labute approximate surface area is 242 Å². The summed E-state index contributed by atoms with van der Waals surface area (Å²) in [5.74, 6) is -0.0949. The van der Waals surface area contributed by atoms with Gasteiger partial charge in [0.15, 0.2) is 22.8 Å².